The number of esters is 2. The molecule has 52 heavy (non-hydrogen) atoms. The van der Waals surface area contributed by atoms with Crippen molar-refractivity contribution in [1.29, 1.82) is 0 Å². The van der Waals surface area contributed by atoms with Crippen molar-refractivity contribution in [3.8, 4) is 0 Å². The molecule has 1 atom stereocenters. The molecule has 0 radical (unpaired) electrons. The first-order valence-electron chi connectivity index (χ1n) is 21.2. The van der Waals surface area contributed by atoms with E-state index in [1.807, 2.05) is 19.0 Å². The van der Waals surface area contributed by atoms with E-state index in [4.69, 9.17) is 9.47 Å². The monoisotopic (exact) mass is 729 g/mol. The zero-order valence-electron chi connectivity index (χ0n) is 34.2. The molecule has 0 rings (SSSR count). The lowest BCUT2D eigenvalue weighted by Crippen LogP contribution is -2.38. The smallest absolute Gasteiger partial charge is 0.306 e. The Morgan fingerprint density at radius 1 is 0.538 bits per heavy atom. The Labute approximate surface area is 320 Å². The van der Waals surface area contributed by atoms with Gasteiger partial charge in [-0.15, -0.1) is 0 Å². The quantitative estimate of drug-likeness (QED) is 0.0389. The third-order valence-electron chi connectivity index (χ3n) is 8.93. The molecule has 0 heterocycles. The fourth-order valence-electron chi connectivity index (χ4n) is 5.67. The van der Waals surface area contributed by atoms with Crippen molar-refractivity contribution in [2.75, 3.05) is 33.8 Å². The Balaban J connectivity index is 4.26. The highest BCUT2D eigenvalue weighted by molar-refractivity contribution is 5.76. The Kier molecular flexibility index (Phi) is 37.5. The van der Waals surface area contributed by atoms with Crippen molar-refractivity contribution in [3.63, 3.8) is 0 Å². The molecule has 300 valence electrons. The summed E-state index contributed by atoms with van der Waals surface area (Å²) in [5.41, 5.74) is 0. The molecule has 7 heteroatoms. The van der Waals surface area contributed by atoms with Crippen molar-refractivity contribution >= 4 is 17.8 Å². The van der Waals surface area contributed by atoms with Crippen LogP contribution in [0.2, 0.25) is 0 Å². The number of amides is 1. The van der Waals surface area contributed by atoms with Gasteiger partial charge in [0.25, 0.3) is 0 Å². The highest BCUT2D eigenvalue weighted by Crippen LogP contribution is 2.11. The molecule has 0 aromatic heterocycles. The zero-order valence-corrected chi connectivity index (χ0v) is 34.2. The minimum atomic E-state index is -0.683. The fraction of sp³-hybridized carbons (Fsp3) is 0.756. The summed E-state index contributed by atoms with van der Waals surface area (Å²) in [4.78, 5) is 39.5. The number of nitrogens with one attached hydrogen (secondary N) is 1. The summed E-state index contributed by atoms with van der Waals surface area (Å²) in [7, 11) is 3.95. The van der Waals surface area contributed by atoms with Gasteiger partial charge in [0.2, 0.25) is 5.91 Å². The summed E-state index contributed by atoms with van der Waals surface area (Å²) >= 11 is 0. The summed E-state index contributed by atoms with van der Waals surface area (Å²) < 4.78 is 11.2. The Morgan fingerprint density at radius 3 is 1.46 bits per heavy atom. The normalized spacial score (nSPS) is 12.6. The van der Waals surface area contributed by atoms with Crippen LogP contribution in [0.5, 0.6) is 0 Å². The molecule has 0 aliphatic rings. The topological polar surface area (TPSA) is 84.9 Å². The van der Waals surface area contributed by atoms with Crippen LogP contribution in [-0.4, -0.2) is 62.6 Å². The van der Waals surface area contributed by atoms with E-state index < -0.39 is 6.10 Å². The Hall–Kier alpha value is -2.67. The molecule has 0 saturated carbocycles. The molecule has 7 nitrogen and oxygen atoms in total. The van der Waals surface area contributed by atoms with Crippen LogP contribution < -0.4 is 5.32 Å². The van der Waals surface area contributed by atoms with Crippen LogP contribution in [0.3, 0.4) is 0 Å². The van der Waals surface area contributed by atoms with Gasteiger partial charge in [0, 0.05) is 19.3 Å². The van der Waals surface area contributed by atoms with E-state index in [-0.39, 0.29) is 31.0 Å². The number of unbranched alkanes of at least 4 members (excludes halogenated alkanes) is 16. The van der Waals surface area contributed by atoms with Gasteiger partial charge in [-0.25, -0.2) is 0 Å². The molecular weight excluding hydrogens is 649 g/mol. The van der Waals surface area contributed by atoms with Gasteiger partial charge < -0.3 is 19.7 Å². The number of ether oxygens (including phenoxy) is 2. The molecule has 0 spiro atoms. The van der Waals surface area contributed by atoms with Crippen LogP contribution in [0.25, 0.3) is 0 Å². The number of carbonyl (C=O) groups excluding carboxylic acids is 3. The van der Waals surface area contributed by atoms with E-state index in [2.05, 4.69) is 67.8 Å². The molecule has 0 bridgehead atoms. The van der Waals surface area contributed by atoms with Gasteiger partial charge in [0.1, 0.15) is 6.61 Å². The second kappa shape index (κ2) is 39.5. The summed E-state index contributed by atoms with van der Waals surface area (Å²) in [6.45, 7) is 5.40. The SMILES string of the molecule is CCCCC/C=C\C/C=C\CCCCCCCC(=O)OC[C@H](CNC(=O)CCCN(C)C)OC(=O)CCCCCCC/C=C\C/C=C\CCCCC. The van der Waals surface area contributed by atoms with Crippen LogP contribution in [0.1, 0.15) is 181 Å². The number of nitrogens with zero attached hydrogens (tertiary/aromatic N) is 1. The van der Waals surface area contributed by atoms with Gasteiger partial charge in [-0.2, -0.15) is 0 Å². The minimum Gasteiger partial charge on any atom is -0.462 e. The summed E-state index contributed by atoms with van der Waals surface area (Å²) in [5, 5.41) is 2.86. The Morgan fingerprint density at radius 2 is 0.981 bits per heavy atom. The average molecular weight is 729 g/mol. The van der Waals surface area contributed by atoms with Crippen LogP contribution >= 0.6 is 0 Å². The number of allylic oxidation sites excluding steroid dienone is 8. The molecule has 0 saturated heterocycles. The molecule has 0 aromatic rings. The number of hydrogen-bond acceptors (Lipinski definition) is 6. The molecule has 1 amide bonds. The number of hydrogen-bond donors (Lipinski definition) is 1. The van der Waals surface area contributed by atoms with E-state index in [0.29, 0.717) is 19.3 Å². The first-order valence-corrected chi connectivity index (χ1v) is 21.2. The van der Waals surface area contributed by atoms with Gasteiger partial charge in [0.05, 0.1) is 6.54 Å². The predicted molar refractivity (Wildman–Crippen MR) is 220 cm³/mol. The van der Waals surface area contributed by atoms with E-state index in [0.717, 1.165) is 96.4 Å². The average Bonchev–Trinajstić information content (AvgIpc) is 3.12. The lowest BCUT2D eigenvalue weighted by atomic mass is 10.1. The minimum absolute atomic E-state index is 0.0367. The van der Waals surface area contributed by atoms with Gasteiger partial charge in [0.15, 0.2) is 6.10 Å². The molecule has 1 N–H and O–H groups in total. The first-order chi connectivity index (χ1) is 25.4. The van der Waals surface area contributed by atoms with E-state index >= 15 is 0 Å². The van der Waals surface area contributed by atoms with Crippen LogP contribution in [-0.2, 0) is 23.9 Å². The summed E-state index contributed by atoms with van der Waals surface area (Å²) in [6.07, 6.45) is 44.1. The standard InChI is InChI=1S/C45H80N2O5/c1-5-7-9-11-13-15-17-19-21-23-25-27-29-31-33-37-44(49)51-41-42(40-46-43(48)36-35-39-47(3)4)52-45(50)38-34-32-30-28-26-24-22-20-18-16-14-12-10-8-6-2/h13-16,19-22,42H,5-12,17-18,23-41H2,1-4H3,(H,46,48)/b15-13-,16-14-,21-19-,22-20-/t42-/m0/s1. The largest absolute Gasteiger partial charge is 0.462 e. The third kappa shape index (κ3) is 38.6. The summed E-state index contributed by atoms with van der Waals surface area (Å²) in [6, 6.07) is 0. The Bertz CT molecular complexity index is 955. The number of carbonyl (C=O) groups is 3. The highest BCUT2D eigenvalue weighted by Gasteiger charge is 2.18. The van der Waals surface area contributed by atoms with Gasteiger partial charge >= 0.3 is 11.9 Å². The van der Waals surface area contributed by atoms with Crippen LogP contribution in [0.15, 0.2) is 48.6 Å². The van der Waals surface area contributed by atoms with Crippen LogP contribution in [0, 0.1) is 0 Å². The van der Waals surface area contributed by atoms with Gasteiger partial charge in [-0.05, 0) is 104 Å². The van der Waals surface area contributed by atoms with E-state index in [1.165, 1.54) is 57.8 Å². The molecule has 0 fully saturated rings. The van der Waals surface area contributed by atoms with Crippen molar-refractivity contribution < 1.29 is 23.9 Å². The van der Waals surface area contributed by atoms with E-state index in [1.54, 1.807) is 0 Å². The first kappa shape index (κ1) is 49.3. The lowest BCUT2D eigenvalue weighted by Gasteiger charge is -2.19. The fourth-order valence-corrected chi connectivity index (χ4v) is 5.67. The summed E-state index contributed by atoms with van der Waals surface area (Å²) in [5.74, 6) is -0.673. The third-order valence-corrected chi connectivity index (χ3v) is 8.93. The van der Waals surface area contributed by atoms with Crippen molar-refractivity contribution in [1.82, 2.24) is 10.2 Å². The molecule has 0 unspecified atom stereocenters. The van der Waals surface area contributed by atoms with Crippen molar-refractivity contribution in [2.24, 2.45) is 0 Å². The number of rotatable bonds is 37. The molecule has 0 aromatic carbocycles. The van der Waals surface area contributed by atoms with Gasteiger partial charge in [-0.1, -0.05) is 127 Å². The van der Waals surface area contributed by atoms with Crippen molar-refractivity contribution in [2.45, 2.75) is 187 Å². The van der Waals surface area contributed by atoms with Gasteiger partial charge in [-0.3, -0.25) is 14.4 Å². The second-order valence-corrected chi connectivity index (χ2v) is 14.5. The van der Waals surface area contributed by atoms with E-state index in [9.17, 15) is 14.4 Å². The maximum absolute atomic E-state index is 12.6. The zero-order chi connectivity index (χ0) is 38.2. The lowest BCUT2D eigenvalue weighted by molar-refractivity contribution is -0.159. The maximum atomic E-state index is 12.6. The second-order valence-electron chi connectivity index (χ2n) is 14.5. The predicted octanol–water partition coefficient (Wildman–Crippen LogP) is 11.5. The molecule has 0 aliphatic heterocycles. The highest BCUT2D eigenvalue weighted by atomic mass is 16.6. The van der Waals surface area contributed by atoms with Crippen LogP contribution in [0.4, 0.5) is 0 Å². The van der Waals surface area contributed by atoms with Crippen molar-refractivity contribution in [3.05, 3.63) is 48.6 Å². The molecular formula is C45H80N2O5. The maximum Gasteiger partial charge on any atom is 0.306 e. The molecule has 0 aliphatic carbocycles.